The van der Waals surface area contributed by atoms with Crippen molar-refractivity contribution in [2.24, 2.45) is 0 Å². The molecule has 0 unspecified atom stereocenters. The average molecular weight is 386 g/mol. The smallest absolute Gasteiger partial charge is 0.307 e. The molecule has 0 bridgehead atoms. The van der Waals surface area contributed by atoms with Gasteiger partial charge in [-0.2, -0.15) is 0 Å². The summed E-state index contributed by atoms with van der Waals surface area (Å²) in [4.78, 5) is 30.2. The Labute approximate surface area is 164 Å². The van der Waals surface area contributed by atoms with E-state index in [0.29, 0.717) is 32.1 Å². The molecule has 2 aromatic heterocycles. The molecule has 1 fully saturated rings. The van der Waals surface area contributed by atoms with Gasteiger partial charge in [-0.05, 0) is 27.0 Å². The van der Waals surface area contributed by atoms with Gasteiger partial charge in [0, 0.05) is 44.0 Å². The molecular weight excluding hydrogens is 360 g/mol. The summed E-state index contributed by atoms with van der Waals surface area (Å²) in [5.74, 6) is 1.26. The lowest BCUT2D eigenvalue weighted by molar-refractivity contribution is -0.0176. The third kappa shape index (κ3) is 4.15. The molecule has 0 saturated carbocycles. The van der Waals surface area contributed by atoms with E-state index in [2.05, 4.69) is 30.1 Å². The zero-order valence-electron chi connectivity index (χ0n) is 16.6. The number of ether oxygens (including phenoxy) is 1. The number of rotatable bonds is 4. The van der Waals surface area contributed by atoms with Crippen LogP contribution in [-0.2, 0) is 17.7 Å². The van der Waals surface area contributed by atoms with Crippen molar-refractivity contribution in [2.45, 2.75) is 32.9 Å². The van der Waals surface area contributed by atoms with Crippen LogP contribution < -0.4 is 10.2 Å². The molecule has 0 spiro atoms. The number of aryl methyl sites for hydroxylation is 2. The lowest BCUT2D eigenvalue weighted by atomic mass is 10.2. The van der Waals surface area contributed by atoms with E-state index in [0.717, 1.165) is 42.5 Å². The standard InChI is InChI=1S/C19H26N6O3/c1-12-8-13(2)22-19(21-12)25-5-4-16-15(11-25)23-18(28-16)17(26)20-9-14-10-24(3)6-7-27-14/h8,14H,4-7,9-11H2,1-3H3,(H,20,26)/t14-/m1/s1. The summed E-state index contributed by atoms with van der Waals surface area (Å²) in [6.45, 7) is 8.02. The van der Waals surface area contributed by atoms with Crippen molar-refractivity contribution in [2.75, 3.05) is 44.7 Å². The molecule has 4 heterocycles. The van der Waals surface area contributed by atoms with E-state index in [1.54, 1.807) is 0 Å². The Kier molecular flexibility index (Phi) is 5.27. The normalized spacial score (nSPS) is 20.1. The Morgan fingerprint density at radius 1 is 1.25 bits per heavy atom. The molecule has 28 heavy (non-hydrogen) atoms. The molecule has 0 aromatic carbocycles. The van der Waals surface area contributed by atoms with Crippen molar-refractivity contribution in [3.63, 3.8) is 0 Å². The maximum Gasteiger partial charge on any atom is 0.307 e. The molecule has 2 aromatic rings. The van der Waals surface area contributed by atoms with Crippen LogP contribution in [0.25, 0.3) is 0 Å². The highest BCUT2D eigenvalue weighted by molar-refractivity contribution is 5.89. The molecule has 1 N–H and O–H groups in total. The lowest BCUT2D eigenvalue weighted by Crippen LogP contribution is -2.46. The van der Waals surface area contributed by atoms with E-state index < -0.39 is 0 Å². The third-order valence-corrected chi connectivity index (χ3v) is 5.01. The zero-order valence-corrected chi connectivity index (χ0v) is 16.6. The first-order valence-electron chi connectivity index (χ1n) is 9.62. The van der Waals surface area contributed by atoms with Crippen molar-refractivity contribution in [3.05, 3.63) is 34.8 Å². The van der Waals surface area contributed by atoms with Crippen molar-refractivity contribution in [1.29, 1.82) is 0 Å². The molecule has 4 rings (SSSR count). The van der Waals surface area contributed by atoms with Crippen LogP contribution in [0.2, 0.25) is 0 Å². The van der Waals surface area contributed by atoms with Crippen LogP contribution in [0.1, 0.15) is 33.5 Å². The summed E-state index contributed by atoms with van der Waals surface area (Å²) in [7, 11) is 2.05. The third-order valence-electron chi connectivity index (χ3n) is 5.01. The minimum Gasteiger partial charge on any atom is -0.437 e. The number of morpholine rings is 1. The van der Waals surface area contributed by atoms with E-state index in [1.165, 1.54) is 0 Å². The number of fused-ring (bicyclic) bond motifs is 1. The van der Waals surface area contributed by atoms with E-state index in [4.69, 9.17) is 9.15 Å². The van der Waals surface area contributed by atoms with Crippen LogP contribution >= 0.6 is 0 Å². The Bertz CT molecular complexity index is 847. The summed E-state index contributed by atoms with van der Waals surface area (Å²) in [5, 5.41) is 2.87. The molecule has 0 radical (unpaired) electrons. The molecule has 9 heteroatoms. The van der Waals surface area contributed by atoms with Crippen LogP contribution in [0.5, 0.6) is 0 Å². The quantitative estimate of drug-likeness (QED) is 0.821. The molecule has 2 aliphatic heterocycles. The summed E-state index contributed by atoms with van der Waals surface area (Å²) >= 11 is 0. The van der Waals surface area contributed by atoms with Gasteiger partial charge in [-0.3, -0.25) is 4.79 Å². The summed E-state index contributed by atoms with van der Waals surface area (Å²) in [6.07, 6.45) is 0.659. The molecule has 1 atom stereocenters. The molecule has 0 aliphatic carbocycles. The minimum atomic E-state index is -0.305. The zero-order chi connectivity index (χ0) is 19.7. The van der Waals surface area contributed by atoms with Gasteiger partial charge in [0.15, 0.2) is 0 Å². The van der Waals surface area contributed by atoms with Gasteiger partial charge in [-0.25, -0.2) is 15.0 Å². The monoisotopic (exact) mass is 386 g/mol. The number of carbonyl (C=O) groups is 1. The molecule has 150 valence electrons. The summed E-state index contributed by atoms with van der Waals surface area (Å²) in [5.41, 5.74) is 2.64. The van der Waals surface area contributed by atoms with Crippen LogP contribution in [-0.4, -0.2) is 71.7 Å². The fourth-order valence-corrected chi connectivity index (χ4v) is 3.59. The van der Waals surface area contributed by atoms with Gasteiger partial charge >= 0.3 is 5.91 Å². The van der Waals surface area contributed by atoms with Crippen molar-refractivity contribution in [1.82, 2.24) is 25.2 Å². The van der Waals surface area contributed by atoms with Gasteiger partial charge in [-0.1, -0.05) is 0 Å². The van der Waals surface area contributed by atoms with Crippen LogP contribution in [0.15, 0.2) is 10.5 Å². The molecule has 1 saturated heterocycles. The Morgan fingerprint density at radius 2 is 2.04 bits per heavy atom. The van der Waals surface area contributed by atoms with Gasteiger partial charge in [0.2, 0.25) is 5.95 Å². The predicted molar refractivity (Wildman–Crippen MR) is 102 cm³/mol. The highest BCUT2D eigenvalue weighted by Gasteiger charge is 2.27. The topological polar surface area (TPSA) is 96.6 Å². The van der Waals surface area contributed by atoms with Crippen LogP contribution in [0.4, 0.5) is 5.95 Å². The second-order valence-corrected chi connectivity index (χ2v) is 7.48. The fraction of sp³-hybridized carbons (Fsp3) is 0.579. The number of likely N-dealkylation sites (N-methyl/N-ethyl adjacent to an activating group) is 1. The Morgan fingerprint density at radius 3 is 2.79 bits per heavy atom. The maximum atomic E-state index is 12.5. The van der Waals surface area contributed by atoms with Crippen molar-refractivity contribution >= 4 is 11.9 Å². The highest BCUT2D eigenvalue weighted by atomic mass is 16.5. The Hall–Kier alpha value is -2.52. The van der Waals surface area contributed by atoms with E-state index in [-0.39, 0.29) is 17.9 Å². The Balaban J connectivity index is 1.40. The van der Waals surface area contributed by atoms with Gasteiger partial charge in [0.25, 0.3) is 5.89 Å². The number of hydrogen-bond acceptors (Lipinski definition) is 8. The molecule has 9 nitrogen and oxygen atoms in total. The first kappa shape index (κ1) is 18.8. The fourth-order valence-electron chi connectivity index (χ4n) is 3.59. The predicted octanol–water partition coefficient (Wildman–Crippen LogP) is 0.705. The first-order valence-corrected chi connectivity index (χ1v) is 9.62. The number of oxazole rings is 1. The van der Waals surface area contributed by atoms with E-state index >= 15 is 0 Å². The van der Waals surface area contributed by atoms with Gasteiger partial charge in [0.05, 0.1) is 19.3 Å². The van der Waals surface area contributed by atoms with Crippen molar-refractivity contribution in [3.8, 4) is 0 Å². The van der Waals surface area contributed by atoms with Crippen LogP contribution in [0.3, 0.4) is 0 Å². The largest absolute Gasteiger partial charge is 0.437 e. The van der Waals surface area contributed by atoms with Gasteiger partial charge < -0.3 is 24.3 Å². The summed E-state index contributed by atoms with van der Waals surface area (Å²) in [6, 6.07) is 1.95. The van der Waals surface area contributed by atoms with E-state index in [9.17, 15) is 4.79 Å². The second-order valence-electron chi connectivity index (χ2n) is 7.48. The molecular formula is C19H26N6O3. The second kappa shape index (κ2) is 7.84. The number of anilines is 1. The first-order chi connectivity index (χ1) is 13.5. The molecule has 1 amide bonds. The highest BCUT2D eigenvalue weighted by Crippen LogP contribution is 2.23. The number of amides is 1. The number of aromatic nitrogens is 3. The number of nitrogens with zero attached hydrogens (tertiary/aromatic N) is 5. The van der Waals surface area contributed by atoms with Gasteiger partial charge in [0.1, 0.15) is 11.5 Å². The number of hydrogen-bond donors (Lipinski definition) is 1. The van der Waals surface area contributed by atoms with Gasteiger partial charge in [-0.15, -0.1) is 0 Å². The number of carbonyl (C=O) groups excluding carboxylic acids is 1. The average Bonchev–Trinajstić information content (AvgIpc) is 3.09. The minimum absolute atomic E-state index is 0.00973. The molecule has 2 aliphatic rings. The van der Waals surface area contributed by atoms with E-state index in [1.807, 2.05) is 27.0 Å². The SMILES string of the molecule is Cc1cc(C)nc(N2CCc3oc(C(=O)NC[C@@H]4CN(C)CCO4)nc3C2)n1. The summed E-state index contributed by atoms with van der Waals surface area (Å²) < 4.78 is 11.4. The van der Waals surface area contributed by atoms with Crippen molar-refractivity contribution < 1.29 is 13.9 Å². The van der Waals surface area contributed by atoms with Crippen LogP contribution in [0, 0.1) is 13.8 Å². The maximum absolute atomic E-state index is 12.5. The lowest BCUT2D eigenvalue weighted by Gasteiger charge is -2.29. The number of nitrogens with one attached hydrogen (secondary N) is 1.